The summed E-state index contributed by atoms with van der Waals surface area (Å²) >= 11 is 0. The molecule has 1 unspecified atom stereocenters. The van der Waals surface area contributed by atoms with Gasteiger partial charge in [0.1, 0.15) is 11.6 Å². The van der Waals surface area contributed by atoms with E-state index in [1.54, 1.807) is 17.1 Å². The Hall–Kier alpha value is -3.60. The Bertz CT molecular complexity index is 1140. The number of nitrogens with zero attached hydrogens (tertiary/aromatic N) is 6. The van der Waals surface area contributed by atoms with Crippen LogP contribution in [-0.2, 0) is 5.41 Å². The first-order valence-electron chi connectivity index (χ1n) is 9.89. The zero-order valence-electron chi connectivity index (χ0n) is 17.8. The molecular weight excluding hydrogens is 378 g/mol. The van der Waals surface area contributed by atoms with Gasteiger partial charge in [0, 0.05) is 5.41 Å². The van der Waals surface area contributed by atoms with Crippen molar-refractivity contribution >= 4 is 0 Å². The third kappa shape index (κ3) is 3.12. The second-order valence-electron chi connectivity index (χ2n) is 8.72. The Morgan fingerprint density at radius 2 is 1.90 bits per heavy atom. The van der Waals surface area contributed by atoms with Crippen molar-refractivity contribution in [2.75, 3.05) is 0 Å². The van der Waals surface area contributed by atoms with Gasteiger partial charge in [-0.15, -0.1) is 5.10 Å². The lowest BCUT2D eigenvalue weighted by Gasteiger charge is -2.27. The van der Waals surface area contributed by atoms with Gasteiger partial charge in [-0.1, -0.05) is 38.1 Å². The van der Waals surface area contributed by atoms with Crippen LogP contribution >= 0.6 is 0 Å². The number of benzene rings is 1. The van der Waals surface area contributed by atoms with Crippen molar-refractivity contribution in [3.63, 3.8) is 0 Å². The number of allylic oxidation sites excluding steroid dienone is 1. The van der Waals surface area contributed by atoms with Crippen LogP contribution in [0.15, 0.2) is 48.1 Å². The molecule has 8 heteroatoms. The number of rotatable bonds is 3. The topological polar surface area (TPSA) is 108 Å². The fraction of sp³-hybridized carbons (Fsp3) is 0.364. The van der Waals surface area contributed by atoms with Gasteiger partial charge in [0.25, 0.3) is 0 Å². The molecule has 1 atom stereocenters. The lowest BCUT2D eigenvalue weighted by atomic mass is 9.79. The highest BCUT2D eigenvalue weighted by Crippen LogP contribution is 2.47. The number of hydrogen-bond acceptors (Lipinski definition) is 6. The summed E-state index contributed by atoms with van der Waals surface area (Å²) in [5, 5.41) is 22.7. The highest BCUT2D eigenvalue weighted by molar-refractivity contribution is 5.57. The van der Waals surface area contributed by atoms with Crippen molar-refractivity contribution < 1.29 is 4.74 Å². The summed E-state index contributed by atoms with van der Waals surface area (Å²) in [4.78, 5) is 0. The van der Waals surface area contributed by atoms with Crippen molar-refractivity contribution in [2.45, 2.75) is 52.0 Å². The molecule has 0 spiro atoms. The minimum Gasteiger partial charge on any atom is -0.422 e. The quantitative estimate of drug-likeness (QED) is 0.716. The molecule has 0 bridgehead atoms. The predicted molar refractivity (Wildman–Crippen MR) is 112 cm³/mol. The van der Waals surface area contributed by atoms with E-state index in [9.17, 15) is 5.26 Å². The predicted octanol–water partition coefficient (Wildman–Crippen LogP) is 3.56. The van der Waals surface area contributed by atoms with Gasteiger partial charge in [-0.25, -0.2) is 9.36 Å². The fourth-order valence-corrected chi connectivity index (χ4v) is 3.76. The van der Waals surface area contributed by atoms with Gasteiger partial charge in [0.15, 0.2) is 0 Å². The Morgan fingerprint density at radius 3 is 2.43 bits per heavy atom. The maximum atomic E-state index is 9.92. The minimum atomic E-state index is -0.356. The van der Waals surface area contributed by atoms with Crippen LogP contribution in [0.2, 0.25) is 0 Å². The Labute approximate surface area is 175 Å². The molecule has 0 fully saturated rings. The standard InChI is InChI=1S/C22H25N7O/c1-13(2)29-21-18(19(26-29)22(3,4)5)17(16(12-23)20(24)30-21)14-6-8-15(9-7-14)28-11-10-25-27-28/h6-11,13,17H,24H2,1-5H3. The summed E-state index contributed by atoms with van der Waals surface area (Å²) in [7, 11) is 0. The maximum absolute atomic E-state index is 9.92. The van der Waals surface area contributed by atoms with E-state index >= 15 is 0 Å². The molecule has 1 aliphatic rings. The highest BCUT2D eigenvalue weighted by atomic mass is 16.5. The van der Waals surface area contributed by atoms with Gasteiger partial charge >= 0.3 is 0 Å². The van der Waals surface area contributed by atoms with Gasteiger partial charge in [-0.2, -0.15) is 10.4 Å². The smallest absolute Gasteiger partial charge is 0.224 e. The average Bonchev–Trinajstić information content (AvgIpc) is 3.34. The van der Waals surface area contributed by atoms with Gasteiger partial charge < -0.3 is 10.5 Å². The third-order valence-electron chi connectivity index (χ3n) is 5.18. The normalized spacial score (nSPS) is 16.4. The van der Waals surface area contributed by atoms with Crippen molar-refractivity contribution in [3.8, 4) is 17.6 Å². The van der Waals surface area contributed by atoms with Crippen LogP contribution in [0.5, 0.6) is 5.88 Å². The first kappa shape index (κ1) is 19.7. The first-order valence-corrected chi connectivity index (χ1v) is 9.89. The first-order chi connectivity index (χ1) is 14.2. The van der Waals surface area contributed by atoms with Crippen LogP contribution < -0.4 is 10.5 Å². The SMILES string of the molecule is CC(C)n1nc(C(C)(C)C)c2c1OC(N)=C(C#N)C2c1ccc(-n2ccnn2)cc1. The van der Waals surface area contributed by atoms with Gasteiger partial charge in [0.05, 0.1) is 41.3 Å². The van der Waals surface area contributed by atoms with Gasteiger partial charge in [-0.3, -0.25) is 0 Å². The summed E-state index contributed by atoms with van der Waals surface area (Å²) in [5.41, 5.74) is 9.98. The van der Waals surface area contributed by atoms with Crippen LogP contribution in [0.4, 0.5) is 0 Å². The van der Waals surface area contributed by atoms with E-state index in [4.69, 9.17) is 15.6 Å². The molecule has 3 heterocycles. The Balaban J connectivity index is 1.92. The molecule has 0 amide bonds. The van der Waals surface area contributed by atoms with Crippen molar-refractivity contribution in [2.24, 2.45) is 5.73 Å². The van der Waals surface area contributed by atoms with Crippen LogP contribution in [0.1, 0.15) is 63.4 Å². The fourth-order valence-electron chi connectivity index (χ4n) is 3.76. The Morgan fingerprint density at radius 1 is 1.20 bits per heavy atom. The molecule has 2 aromatic heterocycles. The van der Waals surface area contributed by atoms with Crippen molar-refractivity contribution in [1.29, 1.82) is 5.26 Å². The summed E-state index contributed by atoms with van der Waals surface area (Å²) < 4.78 is 9.49. The van der Waals surface area contributed by atoms with Crippen LogP contribution in [0.25, 0.3) is 5.69 Å². The lowest BCUT2D eigenvalue weighted by Crippen LogP contribution is -2.24. The summed E-state index contributed by atoms with van der Waals surface area (Å²) in [6.07, 6.45) is 3.41. The second-order valence-corrected chi connectivity index (χ2v) is 8.72. The van der Waals surface area contributed by atoms with E-state index in [0.29, 0.717) is 11.5 Å². The van der Waals surface area contributed by atoms with Crippen LogP contribution in [0, 0.1) is 11.3 Å². The molecular formula is C22H25N7O. The number of fused-ring (bicyclic) bond motifs is 1. The molecule has 3 aromatic rings. The van der Waals surface area contributed by atoms with Crippen molar-refractivity contribution in [1.82, 2.24) is 24.8 Å². The maximum Gasteiger partial charge on any atom is 0.224 e. The van der Waals surface area contributed by atoms with Gasteiger partial charge in [0.2, 0.25) is 11.8 Å². The molecule has 154 valence electrons. The molecule has 0 radical (unpaired) electrons. The zero-order valence-corrected chi connectivity index (χ0v) is 17.8. The number of nitrogens with two attached hydrogens (primary N) is 1. The second kappa shape index (κ2) is 7.02. The lowest BCUT2D eigenvalue weighted by molar-refractivity contribution is 0.334. The van der Waals surface area contributed by atoms with E-state index in [-0.39, 0.29) is 23.3 Å². The molecule has 0 saturated carbocycles. The number of ether oxygens (including phenoxy) is 1. The summed E-state index contributed by atoms with van der Waals surface area (Å²) in [6.45, 7) is 10.4. The third-order valence-corrected chi connectivity index (χ3v) is 5.18. The molecule has 0 aliphatic carbocycles. The summed E-state index contributed by atoms with van der Waals surface area (Å²) in [6, 6.07) is 10.2. The molecule has 1 aliphatic heterocycles. The summed E-state index contributed by atoms with van der Waals surface area (Å²) in [5.74, 6) is 0.375. The molecule has 30 heavy (non-hydrogen) atoms. The average molecular weight is 403 g/mol. The monoisotopic (exact) mass is 403 g/mol. The number of aromatic nitrogens is 5. The van der Waals surface area contributed by atoms with E-state index < -0.39 is 0 Å². The number of nitriles is 1. The van der Waals surface area contributed by atoms with E-state index in [2.05, 4.69) is 37.2 Å². The Kier molecular flexibility index (Phi) is 4.61. The van der Waals surface area contributed by atoms with E-state index in [1.165, 1.54) is 0 Å². The van der Waals surface area contributed by atoms with Gasteiger partial charge in [-0.05, 0) is 31.5 Å². The van der Waals surface area contributed by atoms with E-state index in [0.717, 1.165) is 22.5 Å². The number of hydrogen-bond donors (Lipinski definition) is 1. The van der Waals surface area contributed by atoms with Crippen molar-refractivity contribution in [3.05, 3.63) is 64.9 Å². The van der Waals surface area contributed by atoms with E-state index in [1.807, 2.05) is 42.8 Å². The molecule has 2 N–H and O–H groups in total. The minimum absolute atomic E-state index is 0.0848. The molecule has 0 saturated heterocycles. The largest absolute Gasteiger partial charge is 0.422 e. The van der Waals surface area contributed by atoms with Crippen LogP contribution in [-0.4, -0.2) is 24.8 Å². The van der Waals surface area contributed by atoms with Crippen LogP contribution in [0.3, 0.4) is 0 Å². The molecule has 8 nitrogen and oxygen atoms in total. The highest BCUT2D eigenvalue weighted by Gasteiger charge is 2.40. The molecule has 4 rings (SSSR count). The zero-order chi connectivity index (χ0) is 21.6. The molecule has 1 aromatic carbocycles.